The van der Waals surface area contributed by atoms with E-state index in [0.29, 0.717) is 22.9 Å². The summed E-state index contributed by atoms with van der Waals surface area (Å²) in [5.41, 5.74) is 4.13. The quantitative estimate of drug-likeness (QED) is 0.480. The lowest BCUT2D eigenvalue weighted by molar-refractivity contribution is 0.102. The van der Waals surface area contributed by atoms with Crippen LogP contribution in [-0.2, 0) is 0 Å². The highest BCUT2D eigenvalue weighted by atomic mass is 32.1. The molecule has 0 aliphatic rings. The molecule has 0 aliphatic carbocycles. The number of hydrogen-bond donors (Lipinski definition) is 1. The number of amides is 1. The van der Waals surface area contributed by atoms with Gasteiger partial charge in [-0.15, -0.1) is 21.5 Å². The predicted octanol–water partition coefficient (Wildman–Crippen LogP) is 3.87. The minimum atomic E-state index is -0.238. The second-order valence-electron chi connectivity index (χ2n) is 6.54. The van der Waals surface area contributed by atoms with Crippen LogP contribution >= 0.6 is 11.3 Å². The molecule has 4 heterocycles. The summed E-state index contributed by atoms with van der Waals surface area (Å²) in [7, 11) is 0. The van der Waals surface area contributed by atoms with Crippen LogP contribution in [0.15, 0.2) is 66.3 Å². The third-order valence-electron chi connectivity index (χ3n) is 4.45. The molecule has 5 aromatic rings. The number of rotatable bonds is 4. The zero-order chi connectivity index (χ0) is 20.5. The summed E-state index contributed by atoms with van der Waals surface area (Å²) in [6.45, 7) is 1.87. The third kappa shape index (κ3) is 3.42. The van der Waals surface area contributed by atoms with E-state index in [1.54, 1.807) is 22.3 Å². The van der Waals surface area contributed by atoms with E-state index < -0.39 is 0 Å². The predicted molar refractivity (Wildman–Crippen MR) is 114 cm³/mol. The molecule has 0 spiro atoms. The third-order valence-corrected chi connectivity index (χ3v) is 5.22. The molecule has 9 heteroatoms. The van der Waals surface area contributed by atoms with E-state index >= 15 is 0 Å². The first-order valence-corrected chi connectivity index (χ1v) is 10.0. The Morgan fingerprint density at radius 1 is 1.07 bits per heavy atom. The highest BCUT2D eigenvalue weighted by molar-refractivity contribution is 7.09. The number of nitrogens with one attached hydrogen (secondary N) is 1. The number of thiazole rings is 1. The molecule has 0 saturated carbocycles. The van der Waals surface area contributed by atoms with Gasteiger partial charge in [0.15, 0.2) is 11.5 Å². The van der Waals surface area contributed by atoms with Crippen LogP contribution in [0.4, 0.5) is 5.69 Å². The zero-order valence-corrected chi connectivity index (χ0v) is 16.7. The lowest BCUT2D eigenvalue weighted by Gasteiger charge is -2.07. The summed E-state index contributed by atoms with van der Waals surface area (Å²) in [6.07, 6.45) is 3.43. The number of pyridine rings is 1. The van der Waals surface area contributed by atoms with Crippen molar-refractivity contribution in [1.29, 1.82) is 0 Å². The first kappa shape index (κ1) is 18.1. The van der Waals surface area contributed by atoms with Gasteiger partial charge in [-0.2, -0.15) is 9.61 Å². The lowest BCUT2D eigenvalue weighted by Crippen LogP contribution is -2.12. The van der Waals surface area contributed by atoms with Crippen LogP contribution in [0.25, 0.3) is 28.3 Å². The summed E-state index contributed by atoms with van der Waals surface area (Å²) in [4.78, 5) is 20.8. The molecule has 0 aliphatic heterocycles. The van der Waals surface area contributed by atoms with Crippen LogP contribution in [0.3, 0.4) is 0 Å². The van der Waals surface area contributed by atoms with Crippen LogP contribution < -0.4 is 5.32 Å². The van der Waals surface area contributed by atoms with Gasteiger partial charge in [0.05, 0.1) is 10.7 Å². The topological polar surface area (TPSA) is 98.0 Å². The van der Waals surface area contributed by atoms with E-state index in [2.05, 4.69) is 25.5 Å². The molecular weight excluding hydrogens is 398 g/mol. The number of anilines is 1. The molecule has 4 aromatic heterocycles. The number of benzene rings is 1. The van der Waals surface area contributed by atoms with Gasteiger partial charge in [0.2, 0.25) is 0 Å². The Morgan fingerprint density at radius 3 is 2.77 bits per heavy atom. The molecule has 0 saturated heterocycles. The fourth-order valence-electron chi connectivity index (χ4n) is 3.04. The Bertz CT molecular complexity index is 1360. The smallest absolute Gasteiger partial charge is 0.275 e. The fourth-order valence-corrected chi connectivity index (χ4v) is 3.63. The van der Waals surface area contributed by atoms with Crippen molar-refractivity contribution in [2.45, 2.75) is 6.92 Å². The summed E-state index contributed by atoms with van der Waals surface area (Å²) in [5.74, 6) is 0.376. The van der Waals surface area contributed by atoms with Crippen molar-refractivity contribution in [3.63, 3.8) is 0 Å². The fraction of sp³-hybridized carbons (Fsp3) is 0.0476. The standard InChI is InChI=1S/C21H15N7OS/c1-13-23-18(12-30-13)21(29)24-16-6-2-4-14(10-16)17-7-8-19-25-26-20(28(19)27-17)15-5-3-9-22-11-15/h2-12H,1H3,(H,24,29). The van der Waals surface area contributed by atoms with Gasteiger partial charge in [0.25, 0.3) is 5.91 Å². The van der Waals surface area contributed by atoms with E-state index in [4.69, 9.17) is 5.10 Å². The maximum Gasteiger partial charge on any atom is 0.275 e. The molecule has 8 nitrogen and oxygen atoms in total. The Kier molecular flexibility index (Phi) is 4.49. The number of nitrogens with zero attached hydrogens (tertiary/aromatic N) is 6. The van der Waals surface area contributed by atoms with E-state index in [1.807, 2.05) is 55.5 Å². The van der Waals surface area contributed by atoms with E-state index in [9.17, 15) is 4.79 Å². The molecule has 1 aromatic carbocycles. The SMILES string of the molecule is Cc1nc(C(=O)Nc2cccc(-c3ccc4nnc(-c5cccnc5)n4n3)c2)cs1. The van der Waals surface area contributed by atoms with Crippen LogP contribution in [0, 0.1) is 6.92 Å². The number of aryl methyl sites for hydroxylation is 1. The molecule has 0 radical (unpaired) electrons. The number of hydrogen-bond acceptors (Lipinski definition) is 7. The van der Waals surface area contributed by atoms with E-state index in [1.165, 1.54) is 11.3 Å². The largest absolute Gasteiger partial charge is 0.321 e. The van der Waals surface area contributed by atoms with Crippen LogP contribution in [0.1, 0.15) is 15.5 Å². The number of fused-ring (bicyclic) bond motifs is 1. The average molecular weight is 413 g/mol. The maximum atomic E-state index is 12.4. The van der Waals surface area contributed by atoms with E-state index in [-0.39, 0.29) is 5.91 Å². The van der Waals surface area contributed by atoms with Gasteiger partial charge in [-0.25, -0.2) is 4.98 Å². The van der Waals surface area contributed by atoms with Crippen molar-refractivity contribution >= 4 is 28.6 Å². The molecule has 146 valence electrons. The minimum absolute atomic E-state index is 0.238. The molecule has 5 rings (SSSR count). The van der Waals surface area contributed by atoms with Crippen molar-refractivity contribution < 1.29 is 4.79 Å². The molecule has 0 bridgehead atoms. The van der Waals surface area contributed by atoms with Crippen LogP contribution in [0.2, 0.25) is 0 Å². The minimum Gasteiger partial charge on any atom is -0.321 e. The van der Waals surface area contributed by atoms with Crippen molar-refractivity contribution in [3.05, 3.63) is 77.0 Å². The molecular formula is C21H15N7OS. The number of carbonyl (C=O) groups excluding carboxylic acids is 1. The Labute approximate surface area is 175 Å². The van der Waals surface area contributed by atoms with Crippen LogP contribution in [-0.4, -0.2) is 35.7 Å². The highest BCUT2D eigenvalue weighted by Gasteiger charge is 2.13. The normalized spacial score (nSPS) is 11.0. The summed E-state index contributed by atoms with van der Waals surface area (Å²) in [6, 6.07) is 15.0. The van der Waals surface area contributed by atoms with Crippen molar-refractivity contribution in [2.75, 3.05) is 5.32 Å². The molecule has 30 heavy (non-hydrogen) atoms. The number of aromatic nitrogens is 6. The monoisotopic (exact) mass is 413 g/mol. The maximum absolute atomic E-state index is 12.4. The Morgan fingerprint density at radius 2 is 1.97 bits per heavy atom. The van der Waals surface area contributed by atoms with Gasteiger partial charge in [0, 0.05) is 34.6 Å². The summed E-state index contributed by atoms with van der Waals surface area (Å²) in [5, 5.41) is 18.6. The highest BCUT2D eigenvalue weighted by Crippen LogP contribution is 2.23. The average Bonchev–Trinajstić information content (AvgIpc) is 3.40. The molecule has 0 fully saturated rings. The molecule has 0 atom stereocenters. The van der Waals surface area contributed by atoms with Gasteiger partial charge < -0.3 is 5.32 Å². The number of carbonyl (C=O) groups is 1. The second-order valence-corrected chi connectivity index (χ2v) is 7.60. The van der Waals surface area contributed by atoms with Crippen LogP contribution in [0.5, 0.6) is 0 Å². The Hall–Kier alpha value is -3.98. The van der Waals surface area contributed by atoms with Gasteiger partial charge in [-0.3, -0.25) is 9.78 Å². The van der Waals surface area contributed by atoms with Gasteiger partial charge in [0.1, 0.15) is 5.69 Å². The molecule has 0 unspecified atom stereocenters. The summed E-state index contributed by atoms with van der Waals surface area (Å²) >= 11 is 1.44. The first-order valence-electron chi connectivity index (χ1n) is 9.14. The van der Waals surface area contributed by atoms with Gasteiger partial charge in [-0.1, -0.05) is 12.1 Å². The van der Waals surface area contributed by atoms with Crippen molar-refractivity contribution in [3.8, 4) is 22.6 Å². The van der Waals surface area contributed by atoms with Gasteiger partial charge in [-0.05, 0) is 43.3 Å². The van der Waals surface area contributed by atoms with Gasteiger partial charge >= 0.3 is 0 Å². The zero-order valence-electron chi connectivity index (χ0n) is 15.9. The van der Waals surface area contributed by atoms with E-state index in [0.717, 1.165) is 21.8 Å². The molecule has 1 N–H and O–H groups in total. The first-order chi connectivity index (χ1) is 14.7. The molecule has 1 amide bonds. The lowest BCUT2D eigenvalue weighted by atomic mass is 10.1. The Balaban J connectivity index is 1.48. The second kappa shape index (κ2) is 7.45. The van der Waals surface area contributed by atoms with Crippen molar-refractivity contribution in [1.82, 2.24) is 29.8 Å². The summed E-state index contributed by atoms with van der Waals surface area (Å²) < 4.78 is 1.69. The van der Waals surface area contributed by atoms with Crippen molar-refractivity contribution in [2.24, 2.45) is 0 Å².